The fourth-order valence-corrected chi connectivity index (χ4v) is 1.37. The van der Waals surface area contributed by atoms with Gasteiger partial charge in [0.15, 0.2) is 0 Å². The fraction of sp³-hybridized carbons (Fsp3) is 0.545. The third-order valence-corrected chi connectivity index (χ3v) is 1.89. The summed E-state index contributed by atoms with van der Waals surface area (Å²) in [6.45, 7) is 7.55. The van der Waals surface area contributed by atoms with Crippen LogP contribution in [0.5, 0.6) is 0 Å². The van der Waals surface area contributed by atoms with Crippen LogP contribution in [0.25, 0.3) is 0 Å². The van der Waals surface area contributed by atoms with Crippen LogP contribution in [0.2, 0.25) is 0 Å². The van der Waals surface area contributed by atoms with Gasteiger partial charge in [-0.25, -0.2) is 0 Å². The third kappa shape index (κ3) is 6.11. The molecule has 0 aromatic carbocycles. The van der Waals surface area contributed by atoms with Crippen molar-refractivity contribution in [2.45, 2.75) is 39.7 Å². The van der Waals surface area contributed by atoms with Gasteiger partial charge in [-0.3, -0.25) is 4.98 Å². The van der Waals surface area contributed by atoms with Crippen molar-refractivity contribution in [2.75, 3.05) is 0 Å². The highest BCUT2D eigenvalue weighted by Crippen LogP contribution is 2.14. The van der Waals surface area contributed by atoms with E-state index in [1.807, 2.05) is 26.0 Å². The molecule has 0 unspecified atom stereocenters. The number of halogens is 1. The Labute approximate surface area is 94.5 Å². The quantitative estimate of drug-likeness (QED) is 0.885. The van der Waals surface area contributed by atoms with E-state index in [1.165, 1.54) is 0 Å². The molecule has 0 bridgehead atoms. The summed E-state index contributed by atoms with van der Waals surface area (Å²) in [5.74, 6) is 0. The van der Waals surface area contributed by atoms with Crippen LogP contribution < -0.4 is 0 Å². The molecule has 1 aromatic heterocycles. The molecule has 14 heavy (non-hydrogen) atoms. The number of hydrogen-bond donors (Lipinski definition) is 1. The van der Waals surface area contributed by atoms with Gasteiger partial charge in [-0.2, -0.15) is 0 Å². The number of hydrogen-bond acceptors (Lipinski definition) is 2. The van der Waals surface area contributed by atoms with Crippen LogP contribution in [0.15, 0.2) is 22.8 Å². The standard InChI is InChI=1S/C9H12BrNO.C2H6/c1-9(2,12)6-8-5-7(10)3-4-11-8;1-2/h3-5,12H,6H2,1-2H3;1-2H3. The van der Waals surface area contributed by atoms with Crippen molar-refractivity contribution in [2.24, 2.45) is 0 Å². The Balaban J connectivity index is 0.000000791. The highest BCUT2D eigenvalue weighted by molar-refractivity contribution is 9.10. The number of nitrogens with zero attached hydrogens (tertiary/aromatic N) is 1. The highest BCUT2D eigenvalue weighted by atomic mass is 79.9. The number of aromatic nitrogens is 1. The minimum atomic E-state index is -0.687. The maximum atomic E-state index is 9.51. The topological polar surface area (TPSA) is 33.1 Å². The van der Waals surface area contributed by atoms with E-state index in [2.05, 4.69) is 20.9 Å². The van der Waals surface area contributed by atoms with E-state index in [0.29, 0.717) is 6.42 Å². The van der Waals surface area contributed by atoms with Crippen molar-refractivity contribution < 1.29 is 5.11 Å². The minimum Gasteiger partial charge on any atom is -0.390 e. The Kier molecular flexibility index (Phi) is 5.96. The summed E-state index contributed by atoms with van der Waals surface area (Å²) >= 11 is 3.35. The van der Waals surface area contributed by atoms with Gasteiger partial charge in [0, 0.05) is 22.8 Å². The molecule has 0 saturated carbocycles. The van der Waals surface area contributed by atoms with E-state index in [9.17, 15) is 5.11 Å². The monoisotopic (exact) mass is 259 g/mol. The van der Waals surface area contributed by atoms with E-state index in [0.717, 1.165) is 10.2 Å². The van der Waals surface area contributed by atoms with Crippen molar-refractivity contribution in [3.05, 3.63) is 28.5 Å². The van der Waals surface area contributed by atoms with Crippen LogP contribution in [0.1, 0.15) is 33.4 Å². The number of aliphatic hydroxyl groups is 1. The van der Waals surface area contributed by atoms with E-state index >= 15 is 0 Å². The fourth-order valence-electron chi connectivity index (χ4n) is 0.989. The maximum Gasteiger partial charge on any atom is 0.0647 e. The van der Waals surface area contributed by atoms with Crippen molar-refractivity contribution in [1.82, 2.24) is 4.98 Å². The summed E-state index contributed by atoms with van der Waals surface area (Å²) in [5, 5.41) is 9.51. The summed E-state index contributed by atoms with van der Waals surface area (Å²) in [6.07, 6.45) is 2.30. The van der Waals surface area contributed by atoms with Gasteiger partial charge in [0.25, 0.3) is 0 Å². The molecule has 1 rings (SSSR count). The largest absolute Gasteiger partial charge is 0.390 e. The second-order valence-corrected chi connectivity index (χ2v) is 4.37. The van der Waals surface area contributed by atoms with Gasteiger partial charge in [-0.1, -0.05) is 29.8 Å². The van der Waals surface area contributed by atoms with Gasteiger partial charge in [-0.05, 0) is 26.0 Å². The van der Waals surface area contributed by atoms with Crippen molar-refractivity contribution >= 4 is 15.9 Å². The van der Waals surface area contributed by atoms with Gasteiger partial charge in [0.1, 0.15) is 0 Å². The Morgan fingerprint density at radius 3 is 2.43 bits per heavy atom. The van der Waals surface area contributed by atoms with Gasteiger partial charge in [-0.15, -0.1) is 0 Å². The number of pyridine rings is 1. The summed E-state index contributed by atoms with van der Waals surface area (Å²) in [4.78, 5) is 4.13. The first-order valence-electron chi connectivity index (χ1n) is 4.80. The van der Waals surface area contributed by atoms with Crippen LogP contribution in [-0.4, -0.2) is 15.7 Å². The first kappa shape index (κ1) is 13.6. The van der Waals surface area contributed by atoms with E-state index < -0.39 is 5.60 Å². The first-order valence-corrected chi connectivity index (χ1v) is 5.59. The zero-order chi connectivity index (χ0) is 11.2. The second-order valence-electron chi connectivity index (χ2n) is 3.45. The molecule has 0 aliphatic rings. The Bertz CT molecular complexity index is 268. The predicted octanol–water partition coefficient (Wildman–Crippen LogP) is 3.18. The SMILES string of the molecule is CC.CC(C)(O)Cc1cc(Br)ccn1. The van der Waals surface area contributed by atoms with Crippen LogP contribution in [0, 0.1) is 0 Å². The molecule has 0 fully saturated rings. The summed E-state index contributed by atoms with van der Waals surface area (Å²) in [5.41, 5.74) is 0.213. The van der Waals surface area contributed by atoms with Crippen LogP contribution in [-0.2, 0) is 6.42 Å². The summed E-state index contributed by atoms with van der Waals surface area (Å²) in [6, 6.07) is 3.78. The molecule has 0 atom stereocenters. The van der Waals surface area contributed by atoms with Crippen LogP contribution >= 0.6 is 15.9 Å². The van der Waals surface area contributed by atoms with Crippen molar-refractivity contribution in [3.63, 3.8) is 0 Å². The molecule has 1 aromatic rings. The van der Waals surface area contributed by atoms with Gasteiger partial charge < -0.3 is 5.11 Å². The molecule has 1 N–H and O–H groups in total. The van der Waals surface area contributed by atoms with Gasteiger partial charge >= 0.3 is 0 Å². The Hall–Kier alpha value is -0.410. The van der Waals surface area contributed by atoms with E-state index in [1.54, 1.807) is 20.0 Å². The summed E-state index contributed by atoms with van der Waals surface area (Å²) < 4.78 is 0.997. The van der Waals surface area contributed by atoms with Crippen LogP contribution in [0.4, 0.5) is 0 Å². The third-order valence-electron chi connectivity index (χ3n) is 1.39. The lowest BCUT2D eigenvalue weighted by Gasteiger charge is -2.15. The average Bonchev–Trinajstić information content (AvgIpc) is 2.04. The molecule has 0 saturated heterocycles. The molecule has 80 valence electrons. The van der Waals surface area contributed by atoms with E-state index in [4.69, 9.17) is 0 Å². The van der Waals surface area contributed by atoms with E-state index in [-0.39, 0.29) is 0 Å². The lowest BCUT2D eigenvalue weighted by molar-refractivity contribution is 0.0799. The lowest BCUT2D eigenvalue weighted by atomic mass is 10.0. The zero-order valence-corrected chi connectivity index (χ0v) is 10.8. The molecule has 2 nitrogen and oxygen atoms in total. The molecule has 1 heterocycles. The molecule has 3 heteroatoms. The minimum absolute atomic E-state index is 0.576. The Morgan fingerprint density at radius 2 is 2.00 bits per heavy atom. The predicted molar refractivity (Wildman–Crippen MR) is 63.3 cm³/mol. The molecule has 0 aliphatic heterocycles. The Morgan fingerprint density at radius 1 is 1.43 bits per heavy atom. The molecule has 0 amide bonds. The molecular formula is C11H18BrNO. The molecule has 0 aliphatic carbocycles. The van der Waals surface area contributed by atoms with Crippen molar-refractivity contribution in [3.8, 4) is 0 Å². The van der Waals surface area contributed by atoms with Gasteiger partial charge in [0.2, 0.25) is 0 Å². The number of rotatable bonds is 2. The molecular weight excluding hydrogens is 242 g/mol. The molecule has 0 spiro atoms. The summed E-state index contributed by atoms with van der Waals surface area (Å²) in [7, 11) is 0. The normalized spacial score (nSPS) is 10.4. The van der Waals surface area contributed by atoms with Crippen molar-refractivity contribution in [1.29, 1.82) is 0 Å². The second kappa shape index (κ2) is 6.14. The zero-order valence-electron chi connectivity index (χ0n) is 9.21. The highest BCUT2D eigenvalue weighted by Gasteiger charge is 2.13. The van der Waals surface area contributed by atoms with Crippen LogP contribution in [0.3, 0.4) is 0 Å². The maximum absolute atomic E-state index is 9.51. The smallest absolute Gasteiger partial charge is 0.0647 e. The first-order chi connectivity index (χ1) is 6.47. The van der Waals surface area contributed by atoms with Gasteiger partial charge in [0.05, 0.1) is 5.60 Å². The molecule has 0 radical (unpaired) electrons. The average molecular weight is 260 g/mol. The lowest BCUT2D eigenvalue weighted by Crippen LogP contribution is -2.22.